The topological polar surface area (TPSA) is 69.6 Å². The van der Waals surface area contributed by atoms with Crippen LogP contribution in [0.25, 0.3) is 0 Å². The standard InChI is InChI=1S/C25H35ClN2O3/c1-17(19-9-10-19)25(2,27-24(31)28(3)14-13-23(29)30)21-12-11-20(22(26)16-21)15-18-7-5-4-6-8-18/h11-12,16,18-19H,1,4-10,13-15H2,2-3H3,(H,27,31)(H,29,30)/t25-/m1/s1. The molecule has 2 saturated carbocycles. The normalized spacial score (nSPS) is 18.8. The predicted molar refractivity (Wildman–Crippen MR) is 124 cm³/mol. The SMILES string of the molecule is C=C(C1CC1)[C@@](C)(NC(=O)N(C)CCC(=O)O)c1ccc(CC2CCCCC2)c(Cl)c1. The second-order valence-electron chi connectivity index (χ2n) is 9.43. The Bertz CT molecular complexity index is 830. The molecule has 1 atom stereocenters. The summed E-state index contributed by atoms with van der Waals surface area (Å²) in [4.78, 5) is 25.1. The Morgan fingerprint density at radius 3 is 2.48 bits per heavy atom. The first-order valence-corrected chi connectivity index (χ1v) is 11.8. The number of aliphatic carboxylic acids is 1. The van der Waals surface area contributed by atoms with Crippen LogP contribution in [0, 0.1) is 11.8 Å². The van der Waals surface area contributed by atoms with E-state index in [-0.39, 0.29) is 19.0 Å². The number of rotatable bonds is 9. The lowest BCUT2D eigenvalue weighted by atomic mass is 9.81. The van der Waals surface area contributed by atoms with Gasteiger partial charge in [-0.15, -0.1) is 0 Å². The molecule has 1 aromatic rings. The molecule has 0 unspecified atom stereocenters. The van der Waals surface area contributed by atoms with Crippen molar-refractivity contribution in [2.24, 2.45) is 11.8 Å². The van der Waals surface area contributed by atoms with E-state index in [4.69, 9.17) is 16.7 Å². The van der Waals surface area contributed by atoms with Crippen LogP contribution in [0.1, 0.15) is 69.4 Å². The lowest BCUT2D eigenvalue weighted by Crippen LogP contribution is -2.50. The Kier molecular flexibility index (Phi) is 7.68. The molecule has 2 amide bonds. The molecule has 6 heteroatoms. The van der Waals surface area contributed by atoms with Crippen molar-refractivity contribution in [3.05, 3.63) is 46.5 Å². The molecule has 170 valence electrons. The number of hydrogen-bond donors (Lipinski definition) is 2. The van der Waals surface area contributed by atoms with Gasteiger partial charge in [-0.2, -0.15) is 0 Å². The molecule has 31 heavy (non-hydrogen) atoms. The fourth-order valence-corrected chi connectivity index (χ4v) is 4.84. The van der Waals surface area contributed by atoms with Gasteiger partial charge in [0.25, 0.3) is 0 Å². The summed E-state index contributed by atoms with van der Waals surface area (Å²) in [5.74, 6) is 0.160. The fourth-order valence-electron chi connectivity index (χ4n) is 4.58. The van der Waals surface area contributed by atoms with Gasteiger partial charge in [-0.25, -0.2) is 4.79 Å². The molecular formula is C25H35ClN2O3. The Labute approximate surface area is 190 Å². The molecule has 0 radical (unpaired) electrons. The number of urea groups is 1. The van der Waals surface area contributed by atoms with Crippen molar-refractivity contribution < 1.29 is 14.7 Å². The summed E-state index contributed by atoms with van der Waals surface area (Å²) in [6, 6.07) is 5.83. The number of carboxylic acid groups (broad SMARTS) is 1. The zero-order valence-corrected chi connectivity index (χ0v) is 19.5. The molecule has 0 aromatic heterocycles. The van der Waals surface area contributed by atoms with Crippen LogP contribution in [0.2, 0.25) is 5.02 Å². The third kappa shape index (κ3) is 6.03. The molecule has 2 fully saturated rings. The van der Waals surface area contributed by atoms with Crippen LogP contribution in [0.3, 0.4) is 0 Å². The highest BCUT2D eigenvalue weighted by Crippen LogP contribution is 2.45. The summed E-state index contributed by atoms with van der Waals surface area (Å²) in [7, 11) is 1.61. The third-order valence-electron chi connectivity index (χ3n) is 6.94. The van der Waals surface area contributed by atoms with Gasteiger partial charge in [0.2, 0.25) is 0 Å². The van der Waals surface area contributed by atoms with Gasteiger partial charge in [0.05, 0.1) is 12.0 Å². The summed E-state index contributed by atoms with van der Waals surface area (Å²) < 4.78 is 0. The van der Waals surface area contributed by atoms with E-state index < -0.39 is 11.5 Å². The minimum absolute atomic E-state index is 0.0914. The van der Waals surface area contributed by atoms with Gasteiger partial charge in [0, 0.05) is 18.6 Å². The monoisotopic (exact) mass is 446 g/mol. The molecule has 0 saturated heterocycles. The van der Waals surface area contributed by atoms with Crippen LogP contribution in [-0.2, 0) is 16.8 Å². The van der Waals surface area contributed by atoms with E-state index in [9.17, 15) is 9.59 Å². The second-order valence-corrected chi connectivity index (χ2v) is 9.84. The molecular weight excluding hydrogens is 412 g/mol. The smallest absolute Gasteiger partial charge is 0.318 e. The van der Waals surface area contributed by atoms with Crippen LogP contribution < -0.4 is 5.32 Å². The molecule has 2 N–H and O–H groups in total. The first-order chi connectivity index (χ1) is 14.7. The molecule has 1 aromatic carbocycles. The van der Waals surface area contributed by atoms with Crippen LogP contribution in [0.15, 0.2) is 30.4 Å². The Balaban J connectivity index is 1.79. The van der Waals surface area contributed by atoms with E-state index in [0.717, 1.165) is 35.4 Å². The number of carboxylic acids is 1. The number of nitrogens with zero attached hydrogens (tertiary/aromatic N) is 1. The van der Waals surface area contributed by atoms with E-state index in [1.807, 2.05) is 13.0 Å². The first-order valence-electron chi connectivity index (χ1n) is 11.4. The number of benzene rings is 1. The van der Waals surface area contributed by atoms with Gasteiger partial charge in [-0.05, 0) is 60.8 Å². The van der Waals surface area contributed by atoms with Gasteiger partial charge < -0.3 is 15.3 Å². The zero-order valence-electron chi connectivity index (χ0n) is 18.8. The highest BCUT2D eigenvalue weighted by atomic mass is 35.5. The summed E-state index contributed by atoms with van der Waals surface area (Å²) in [5.41, 5.74) is 2.30. The molecule has 3 rings (SSSR count). The van der Waals surface area contributed by atoms with Gasteiger partial charge in [-0.1, -0.05) is 62.4 Å². The zero-order chi connectivity index (χ0) is 22.6. The van der Waals surface area contributed by atoms with E-state index in [2.05, 4.69) is 24.0 Å². The van der Waals surface area contributed by atoms with Crippen LogP contribution >= 0.6 is 11.6 Å². The highest BCUT2D eigenvalue weighted by Gasteiger charge is 2.40. The molecule has 5 nitrogen and oxygen atoms in total. The van der Waals surface area contributed by atoms with Crippen LogP contribution in [-0.4, -0.2) is 35.6 Å². The molecule has 0 aliphatic heterocycles. The number of amides is 2. The maximum Gasteiger partial charge on any atom is 0.318 e. The fraction of sp³-hybridized carbons (Fsp3) is 0.600. The highest BCUT2D eigenvalue weighted by molar-refractivity contribution is 6.31. The maximum atomic E-state index is 12.9. The van der Waals surface area contributed by atoms with Crippen molar-refractivity contribution in [3.8, 4) is 0 Å². The number of hydrogen-bond acceptors (Lipinski definition) is 2. The van der Waals surface area contributed by atoms with Gasteiger partial charge in [-0.3, -0.25) is 4.79 Å². The minimum Gasteiger partial charge on any atom is -0.481 e. The van der Waals surface area contributed by atoms with Crippen LogP contribution in [0.4, 0.5) is 4.79 Å². The summed E-state index contributed by atoms with van der Waals surface area (Å²) in [6.45, 7) is 6.45. The first kappa shape index (κ1) is 23.6. The quantitative estimate of drug-likeness (QED) is 0.473. The summed E-state index contributed by atoms with van der Waals surface area (Å²) in [5, 5.41) is 12.8. The lowest BCUT2D eigenvalue weighted by Gasteiger charge is -2.36. The molecule has 0 heterocycles. The van der Waals surface area contributed by atoms with Crippen molar-refractivity contribution in [2.45, 2.75) is 70.3 Å². The number of nitrogens with one attached hydrogen (secondary N) is 1. The van der Waals surface area contributed by atoms with Crippen molar-refractivity contribution in [3.63, 3.8) is 0 Å². The summed E-state index contributed by atoms with van der Waals surface area (Å²) in [6.07, 6.45) is 9.56. The van der Waals surface area contributed by atoms with Gasteiger partial charge in [0.15, 0.2) is 0 Å². The van der Waals surface area contributed by atoms with Gasteiger partial charge >= 0.3 is 12.0 Å². The minimum atomic E-state index is -0.926. The third-order valence-corrected chi connectivity index (χ3v) is 7.29. The Hall–Kier alpha value is -2.01. The maximum absolute atomic E-state index is 12.9. The van der Waals surface area contributed by atoms with Crippen molar-refractivity contribution in [2.75, 3.05) is 13.6 Å². The van der Waals surface area contributed by atoms with Crippen molar-refractivity contribution in [1.82, 2.24) is 10.2 Å². The van der Waals surface area contributed by atoms with Crippen molar-refractivity contribution in [1.29, 1.82) is 0 Å². The number of carbonyl (C=O) groups excluding carboxylic acids is 1. The Morgan fingerprint density at radius 2 is 1.90 bits per heavy atom. The molecule has 2 aliphatic rings. The van der Waals surface area contributed by atoms with Crippen molar-refractivity contribution >= 4 is 23.6 Å². The average molecular weight is 447 g/mol. The number of carbonyl (C=O) groups is 2. The molecule has 2 aliphatic carbocycles. The molecule has 0 spiro atoms. The lowest BCUT2D eigenvalue weighted by molar-refractivity contribution is -0.137. The van der Waals surface area contributed by atoms with E-state index in [1.165, 1.54) is 42.6 Å². The molecule has 0 bridgehead atoms. The van der Waals surface area contributed by atoms with Crippen LogP contribution in [0.5, 0.6) is 0 Å². The van der Waals surface area contributed by atoms with E-state index in [1.54, 1.807) is 7.05 Å². The second kappa shape index (κ2) is 10.1. The average Bonchev–Trinajstić information content (AvgIpc) is 3.58. The largest absolute Gasteiger partial charge is 0.481 e. The Morgan fingerprint density at radius 1 is 1.23 bits per heavy atom. The van der Waals surface area contributed by atoms with Gasteiger partial charge in [0.1, 0.15) is 0 Å². The number of halogens is 1. The van der Waals surface area contributed by atoms with E-state index in [0.29, 0.717) is 11.8 Å². The predicted octanol–water partition coefficient (Wildman–Crippen LogP) is 5.76. The van der Waals surface area contributed by atoms with E-state index >= 15 is 0 Å². The summed E-state index contributed by atoms with van der Waals surface area (Å²) >= 11 is 6.72.